The normalized spacial score (nSPS) is 17.5. The molecule has 1 aromatic heterocycles. The molecule has 1 aliphatic heterocycles. The largest absolute Gasteiger partial charge is 0.354 e. The second-order valence-electron chi connectivity index (χ2n) is 7.90. The number of fused-ring (bicyclic) bond motifs is 1. The molecule has 1 aliphatic rings. The third kappa shape index (κ3) is 5.08. The molecule has 2 aromatic rings. The van der Waals surface area contributed by atoms with Gasteiger partial charge in [0, 0.05) is 37.9 Å². The first kappa shape index (κ1) is 19.4. The van der Waals surface area contributed by atoms with E-state index >= 15 is 0 Å². The van der Waals surface area contributed by atoms with Gasteiger partial charge in [0.1, 0.15) is 5.82 Å². The van der Waals surface area contributed by atoms with Crippen LogP contribution in [0.1, 0.15) is 63.3 Å². The van der Waals surface area contributed by atoms with Crippen LogP contribution in [0.15, 0.2) is 18.2 Å². The van der Waals surface area contributed by atoms with Crippen molar-refractivity contribution in [1.82, 2.24) is 20.2 Å². The van der Waals surface area contributed by atoms with Crippen molar-refractivity contribution in [2.45, 2.75) is 64.8 Å². The number of carbonyl (C=O) groups is 2. The number of likely N-dealkylation sites (tertiary alicyclic amines) is 1. The molecule has 27 heavy (non-hydrogen) atoms. The number of amides is 2. The summed E-state index contributed by atoms with van der Waals surface area (Å²) < 4.78 is 0. The van der Waals surface area contributed by atoms with E-state index in [1.165, 1.54) is 5.56 Å². The maximum absolute atomic E-state index is 12.6. The predicted octanol–water partition coefficient (Wildman–Crippen LogP) is 3.27. The van der Waals surface area contributed by atoms with Gasteiger partial charge in [0.25, 0.3) is 0 Å². The number of H-pyrrole nitrogens is 1. The summed E-state index contributed by atoms with van der Waals surface area (Å²) in [5, 5.41) is 2.86. The van der Waals surface area contributed by atoms with Crippen LogP contribution in [0.2, 0.25) is 0 Å². The van der Waals surface area contributed by atoms with Gasteiger partial charge in [0.2, 0.25) is 11.8 Å². The highest BCUT2D eigenvalue weighted by Crippen LogP contribution is 2.27. The number of piperidine rings is 1. The third-order valence-corrected chi connectivity index (χ3v) is 5.06. The lowest BCUT2D eigenvalue weighted by Crippen LogP contribution is -2.39. The van der Waals surface area contributed by atoms with Gasteiger partial charge in [0.15, 0.2) is 0 Å². The first-order valence-corrected chi connectivity index (χ1v) is 9.96. The average molecular weight is 370 g/mol. The van der Waals surface area contributed by atoms with Crippen LogP contribution in [0.25, 0.3) is 11.0 Å². The summed E-state index contributed by atoms with van der Waals surface area (Å²) in [6.45, 7) is 7.46. The van der Waals surface area contributed by atoms with Crippen LogP contribution in [0.4, 0.5) is 0 Å². The Kier molecular flexibility index (Phi) is 6.14. The number of aromatic amines is 1. The topological polar surface area (TPSA) is 78.1 Å². The minimum Gasteiger partial charge on any atom is -0.354 e. The molecule has 0 radical (unpaired) electrons. The SMILES string of the molecule is Cc1ccc2nc(C3CCCN(C(=O)CCCC(=O)NC(C)C)C3)[nH]c2c1. The van der Waals surface area contributed by atoms with Crippen LogP contribution in [0.3, 0.4) is 0 Å². The molecule has 1 saturated heterocycles. The highest BCUT2D eigenvalue weighted by Gasteiger charge is 2.26. The third-order valence-electron chi connectivity index (χ3n) is 5.06. The van der Waals surface area contributed by atoms with Crippen LogP contribution in [-0.2, 0) is 9.59 Å². The molecule has 2 N–H and O–H groups in total. The lowest BCUT2D eigenvalue weighted by molar-refractivity contribution is -0.132. The fraction of sp³-hybridized carbons (Fsp3) is 0.571. The van der Waals surface area contributed by atoms with Crippen LogP contribution in [0, 0.1) is 6.92 Å². The van der Waals surface area contributed by atoms with E-state index in [1.807, 2.05) is 24.8 Å². The predicted molar refractivity (Wildman–Crippen MR) is 107 cm³/mol. The molecule has 146 valence electrons. The Morgan fingerprint density at radius 1 is 1.33 bits per heavy atom. The quantitative estimate of drug-likeness (QED) is 0.819. The second-order valence-corrected chi connectivity index (χ2v) is 7.90. The van der Waals surface area contributed by atoms with Crippen molar-refractivity contribution in [3.05, 3.63) is 29.6 Å². The molecule has 3 rings (SSSR count). The number of rotatable bonds is 6. The Hall–Kier alpha value is -2.37. The monoisotopic (exact) mass is 370 g/mol. The number of hydrogen-bond donors (Lipinski definition) is 2. The lowest BCUT2D eigenvalue weighted by atomic mass is 9.97. The van der Waals surface area contributed by atoms with Crippen LogP contribution >= 0.6 is 0 Å². The molecular weight excluding hydrogens is 340 g/mol. The Bertz CT molecular complexity index is 812. The van der Waals surface area contributed by atoms with Crippen molar-refractivity contribution in [1.29, 1.82) is 0 Å². The molecule has 2 amide bonds. The minimum atomic E-state index is 0.0203. The molecule has 6 heteroatoms. The minimum absolute atomic E-state index is 0.0203. The number of nitrogens with zero attached hydrogens (tertiary/aromatic N) is 2. The van der Waals surface area contributed by atoms with Crippen molar-refractivity contribution in [2.24, 2.45) is 0 Å². The van der Waals surface area contributed by atoms with Crippen molar-refractivity contribution in [2.75, 3.05) is 13.1 Å². The maximum atomic E-state index is 12.6. The van der Waals surface area contributed by atoms with E-state index in [4.69, 9.17) is 4.98 Å². The number of aromatic nitrogens is 2. The van der Waals surface area contributed by atoms with E-state index in [0.717, 1.165) is 36.2 Å². The zero-order valence-electron chi connectivity index (χ0n) is 16.5. The first-order valence-electron chi connectivity index (χ1n) is 9.96. The van der Waals surface area contributed by atoms with Crippen molar-refractivity contribution < 1.29 is 9.59 Å². The van der Waals surface area contributed by atoms with Gasteiger partial charge >= 0.3 is 0 Å². The fourth-order valence-corrected chi connectivity index (χ4v) is 3.72. The zero-order valence-corrected chi connectivity index (χ0v) is 16.5. The molecule has 0 aliphatic carbocycles. The van der Waals surface area contributed by atoms with Gasteiger partial charge < -0.3 is 15.2 Å². The molecule has 1 fully saturated rings. The van der Waals surface area contributed by atoms with E-state index in [2.05, 4.69) is 29.4 Å². The Balaban J connectivity index is 1.55. The molecular formula is C21H30N4O2. The summed E-state index contributed by atoms with van der Waals surface area (Å²) in [6.07, 6.45) is 3.46. The van der Waals surface area contributed by atoms with E-state index < -0.39 is 0 Å². The lowest BCUT2D eigenvalue weighted by Gasteiger charge is -2.32. The second kappa shape index (κ2) is 8.55. The van der Waals surface area contributed by atoms with Gasteiger partial charge in [-0.2, -0.15) is 0 Å². The van der Waals surface area contributed by atoms with E-state index in [-0.39, 0.29) is 23.8 Å². The summed E-state index contributed by atoms with van der Waals surface area (Å²) in [5.41, 5.74) is 3.25. The van der Waals surface area contributed by atoms with Crippen molar-refractivity contribution in [3.63, 3.8) is 0 Å². The molecule has 6 nitrogen and oxygen atoms in total. The Morgan fingerprint density at radius 3 is 2.93 bits per heavy atom. The maximum Gasteiger partial charge on any atom is 0.222 e. The van der Waals surface area contributed by atoms with Gasteiger partial charge in [0.05, 0.1) is 11.0 Å². The number of imidazole rings is 1. The zero-order chi connectivity index (χ0) is 19.4. The molecule has 1 atom stereocenters. The molecule has 0 spiro atoms. The van der Waals surface area contributed by atoms with Gasteiger partial charge in [-0.25, -0.2) is 4.98 Å². The van der Waals surface area contributed by atoms with Gasteiger partial charge in [-0.1, -0.05) is 6.07 Å². The number of hydrogen-bond acceptors (Lipinski definition) is 3. The summed E-state index contributed by atoms with van der Waals surface area (Å²) in [5.74, 6) is 1.39. The highest BCUT2D eigenvalue weighted by molar-refractivity contribution is 5.79. The fourth-order valence-electron chi connectivity index (χ4n) is 3.72. The standard InChI is InChI=1S/C21H30N4O2/c1-14(2)22-19(26)7-4-8-20(27)25-11-5-6-16(13-25)21-23-17-10-9-15(3)12-18(17)24-21/h9-10,12,14,16H,4-8,11,13H2,1-3H3,(H,22,26)(H,23,24). The number of aryl methyl sites for hydroxylation is 1. The van der Waals surface area contributed by atoms with E-state index in [1.54, 1.807) is 0 Å². The molecule has 1 aromatic carbocycles. The van der Waals surface area contributed by atoms with Crippen LogP contribution < -0.4 is 5.32 Å². The summed E-state index contributed by atoms with van der Waals surface area (Å²) in [7, 11) is 0. The smallest absolute Gasteiger partial charge is 0.222 e. The number of benzene rings is 1. The number of carbonyl (C=O) groups excluding carboxylic acids is 2. The van der Waals surface area contributed by atoms with Crippen LogP contribution in [-0.4, -0.2) is 45.8 Å². The summed E-state index contributed by atoms with van der Waals surface area (Å²) in [4.78, 5) is 34.4. The highest BCUT2D eigenvalue weighted by atomic mass is 16.2. The number of nitrogens with one attached hydrogen (secondary N) is 2. The van der Waals surface area contributed by atoms with Gasteiger partial charge in [-0.15, -0.1) is 0 Å². The van der Waals surface area contributed by atoms with Crippen molar-refractivity contribution >= 4 is 22.8 Å². The average Bonchev–Trinajstić information content (AvgIpc) is 3.04. The molecule has 0 bridgehead atoms. The summed E-state index contributed by atoms with van der Waals surface area (Å²) in [6, 6.07) is 6.36. The van der Waals surface area contributed by atoms with Gasteiger partial charge in [-0.3, -0.25) is 9.59 Å². The molecule has 2 heterocycles. The van der Waals surface area contributed by atoms with Crippen molar-refractivity contribution in [3.8, 4) is 0 Å². The van der Waals surface area contributed by atoms with E-state index in [0.29, 0.717) is 25.8 Å². The Labute approximate surface area is 160 Å². The van der Waals surface area contributed by atoms with E-state index in [9.17, 15) is 9.59 Å². The summed E-state index contributed by atoms with van der Waals surface area (Å²) >= 11 is 0. The molecule has 0 saturated carbocycles. The molecule has 1 unspecified atom stereocenters. The Morgan fingerprint density at radius 2 is 2.15 bits per heavy atom. The van der Waals surface area contributed by atoms with Crippen LogP contribution in [0.5, 0.6) is 0 Å². The first-order chi connectivity index (χ1) is 12.9. The van der Waals surface area contributed by atoms with Gasteiger partial charge in [-0.05, 0) is 57.7 Å².